The van der Waals surface area contributed by atoms with Crippen LogP contribution < -0.4 is 9.75 Å². The molecule has 1 aliphatic rings. The van der Waals surface area contributed by atoms with E-state index in [1.807, 2.05) is 25.1 Å². The highest BCUT2D eigenvalue weighted by atomic mass is 35.5. The zero-order chi connectivity index (χ0) is 25.6. The first-order valence-corrected chi connectivity index (χ1v) is 12.2. The molecule has 5 rings (SSSR count). The Kier molecular flexibility index (Phi) is 6.51. The van der Waals surface area contributed by atoms with E-state index in [4.69, 9.17) is 39.5 Å². The molecule has 36 heavy (non-hydrogen) atoms. The van der Waals surface area contributed by atoms with Gasteiger partial charge in [0.25, 0.3) is 11.8 Å². The van der Waals surface area contributed by atoms with Crippen molar-refractivity contribution in [3.63, 3.8) is 0 Å². The number of hydrazone groups is 1. The van der Waals surface area contributed by atoms with E-state index in [1.54, 1.807) is 54.1 Å². The number of amides is 1. The van der Waals surface area contributed by atoms with E-state index in [-0.39, 0.29) is 18.2 Å². The fraction of sp³-hybridized carbons (Fsp3) is 0.148. The van der Waals surface area contributed by atoms with Crippen molar-refractivity contribution in [3.05, 3.63) is 92.6 Å². The van der Waals surface area contributed by atoms with E-state index < -0.39 is 0 Å². The van der Waals surface area contributed by atoms with Crippen LogP contribution in [0.25, 0.3) is 10.9 Å². The van der Waals surface area contributed by atoms with Crippen LogP contribution in [0.15, 0.2) is 65.8 Å². The standard InChI is InChI=1S/C27H20Cl3N3O3/c1-15-21(11-18-12-26(34)33(31-18)19-7-9-23(29)24(30)13-19)22-14-20(36-2)8-10-25(22)32(15)27(35)16-3-5-17(28)6-4-16/h3-10,13-14H,11-12H2,1-2H3. The van der Waals surface area contributed by atoms with Gasteiger partial charge in [-0.15, -0.1) is 0 Å². The molecular weight excluding hydrogens is 521 g/mol. The van der Waals surface area contributed by atoms with Gasteiger partial charge in [-0.2, -0.15) is 5.10 Å². The van der Waals surface area contributed by atoms with Crippen molar-refractivity contribution in [2.45, 2.75) is 19.8 Å². The molecule has 0 saturated heterocycles. The van der Waals surface area contributed by atoms with Gasteiger partial charge in [-0.1, -0.05) is 34.8 Å². The van der Waals surface area contributed by atoms with E-state index in [2.05, 4.69) is 5.10 Å². The van der Waals surface area contributed by atoms with Crippen LogP contribution in [0.1, 0.15) is 28.0 Å². The minimum Gasteiger partial charge on any atom is -0.497 e. The minimum absolute atomic E-state index is 0.154. The largest absolute Gasteiger partial charge is 0.497 e. The van der Waals surface area contributed by atoms with Crippen molar-refractivity contribution < 1.29 is 14.3 Å². The number of hydrogen-bond donors (Lipinski definition) is 0. The molecule has 0 saturated carbocycles. The van der Waals surface area contributed by atoms with Gasteiger partial charge in [0.1, 0.15) is 5.75 Å². The zero-order valence-corrected chi connectivity index (χ0v) is 21.7. The Morgan fingerprint density at radius 3 is 2.44 bits per heavy atom. The lowest BCUT2D eigenvalue weighted by Crippen LogP contribution is -2.19. The fourth-order valence-corrected chi connectivity index (χ4v) is 4.82. The molecule has 2 heterocycles. The van der Waals surface area contributed by atoms with Gasteiger partial charge in [0.05, 0.1) is 40.5 Å². The van der Waals surface area contributed by atoms with Gasteiger partial charge in [0, 0.05) is 28.1 Å². The molecule has 0 fully saturated rings. The quantitative estimate of drug-likeness (QED) is 0.275. The maximum atomic E-state index is 13.5. The Morgan fingerprint density at radius 2 is 1.75 bits per heavy atom. The smallest absolute Gasteiger partial charge is 0.262 e. The van der Waals surface area contributed by atoms with Gasteiger partial charge in [0.15, 0.2) is 0 Å². The van der Waals surface area contributed by atoms with Crippen LogP contribution in [-0.4, -0.2) is 29.2 Å². The molecule has 0 unspecified atom stereocenters. The lowest BCUT2D eigenvalue weighted by atomic mass is 10.0. The van der Waals surface area contributed by atoms with E-state index >= 15 is 0 Å². The number of anilines is 1. The van der Waals surface area contributed by atoms with Crippen molar-refractivity contribution >= 4 is 68.9 Å². The first-order valence-electron chi connectivity index (χ1n) is 11.1. The van der Waals surface area contributed by atoms with Crippen LogP contribution in [0.3, 0.4) is 0 Å². The molecule has 0 N–H and O–H groups in total. The molecule has 4 aromatic rings. The summed E-state index contributed by atoms with van der Waals surface area (Å²) in [6.45, 7) is 1.89. The lowest BCUT2D eigenvalue weighted by molar-refractivity contribution is -0.116. The van der Waals surface area contributed by atoms with Gasteiger partial charge in [-0.05, 0) is 73.2 Å². The Bertz CT molecular complexity index is 1560. The molecule has 1 aromatic heterocycles. The van der Waals surface area contributed by atoms with Crippen LogP contribution >= 0.6 is 34.8 Å². The zero-order valence-electron chi connectivity index (χ0n) is 19.4. The van der Waals surface area contributed by atoms with E-state index in [0.717, 1.165) is 22.2 Å². The lowest BCUT2D eigenvalue weighted by Gasteiger charge is -2.12. The number of carbonyl (C=O) groups excluding carboxylic acids is 2. The third-order valence-electron chi connectivity index (χ3n) is 6.20. The summed E-state index contributed by atoms with van der Waals surface area (Å²) >= 11 is 18.2. The Labute approximate surface area is 222 Å². The second kappa shape index (κ2) is 9.62. The van der Waals surface area contributed by atoms with Gasteiger partial charge < -0.3 is 4.74 Å². The number of fused-ring (bicyclic) bond motifs is 1. The van der Waals surface area contributed by atoms with Crippen molar-refractivity contribution in [1.29, 1.82) is 0 Å². The van der Waals surface area contributed by atoms with E-state index in [9.17, 15) is 9.59 Å². The number of benzene rings is 3. The van der Waals surface area contributed by atoms with E-state index in [1.165, 1.54) is 5.01 Å². The van der Waals surface area contributed by atoms with E-state index in [0.29, 0.717) is 44.2 Å². The van der Waals surface area contributed by atoms with Crippen molar-refractivity contribution in [1.82, 2.24) is 4.57 Å². The van der Waals surface area contributed by atoms with Crippen LogP contribution in [0.5, 0.6) is 5.75 Å². The molecule has 0 aliphatic carbocycles. The molecule has 0 atom stereocenters. The highest BCUT2D eigenvalue weighted by Gasteiger charge is 2.28. The third kappa shape index (κ3) is 4.37. The summed E-state index contributed by atoms with van der Waals surface area (Å²) in [5.74, 6) is 0.328. The number of halogens is 3. The fourth-order valence-electron chi connectivity index (χ4n) is 4.40. The molecule has 3 aromatic carbocycles. The predicted octanol–water partition coefficient (Wildman–Crippen LogP) is 6.94. The van der Waals surface area contributed by atoms with Crippen molar-refractivity contribution in [2.24, 2.45) is 5.10 Å². The van der Waals surface area contributed by atoms with Gasteiger partial charge in [0.2, 0.25) is 0 Å². The number of ether oxygens (including phenoxy) is 1. The molecule has 1 amide bonds. The maximum Gasteiger partial charge on any atom is 0.262 e. The summed E-state index contributed by atoms with van der Waals surface area (Å²) in [5, 5.41) is 8.08. The highest BCUT2D eigenvalue weighted by Crippen LogP contribution is 2.33. The monoisotopic (exact) mass is 539 g/mol. The minimum atomic E-state index is -0.174. The molecule has 9 heteroatoms. The topological polar surface area (TPSA) is 63.9 Å². The molecule has 1 aliphatic heterocycles. The van der Waals surface area contributed by atoms with Gasteiger partial charge >= 0.3 is 0 Å². The average molecular weight is 541 g/mol. The summed E-state index contributed by atoms with van der Waals surface area (Å²) in [4.78, 5) is 26.3. The Morgan fingerprint density at radius 1 is 1.00 bits per heavy atom. The number of hydrogen-bond acceptors (Lipinski definition) is 4. The summed E-state index contributed by atoms with van der Waals surface area (Å²) < 4.78 is 7.12. The number of aromatic nitrogens is 1. The maximum absolute atomic E-state index is 13.5. The molecule has 182 valence electrons. The second-order valence-electron chi connectivity index (χ2n) is 8.42. The Hall–Kier alpha value is -3.32. The molecule has 6 nitrogen and oxygen atoms in total. The summed E-state index contributed by atoms with van der Waals surface area (Å²) in [6.07, 6.45) is 0.543. The molecular formula is C27H20Cl3N3O3. The summed E-state index contributed by atoms with van der Waals surface area (Å²) in [5.41, 5.74) is 4.14. The Balaban J connectivity index is 1.57. The van der Waals surface area contributed by atoms with Crippen molar-refractivity contribution in [2.75, 3.05) is 12.1 Å². The first-order chi connectivity index (χ1) is 17.3. The first kappa shape index (κ1) is 24.4. The number of nitrogens with zero attached hydrogens (tertiary/aromatic N) is 3. The molecule has 0 bridgehead atoms. The SMILES string of the molecule is COc1ccc2c(c1)c(CC1=NN(c3ccc(Cl)c(Cl)c3)C(=O)C1)c(C)n2C(=O)c1ccc(Cl)cc1. The van der Waals surface area contributed by atoms with Gasteiger partial charge in [-0.25, -0.2) is 5.01 Å². The third-order valence-corrected chi connectivity index (χ3v) is 7.19. The van der Waals surface area contributed by atoms with Gasteiger partial charge in [-0.3, -0.25) is 14.2 Å². The van der Waals surface area contributed by atoms with Crippen LogP contribution in [0.2, 0.25) is 15.1 Å². The predicted molar refractivity (Wildman–Crippen MR) is 144 cm³/mol. The molecule has 0 spiro atoms. The summed E-state index contributed by atoms with van der Waals surface area (Å²) in [7, 11) is 1.60. The number of carbonyl (C=O) groups is 2. The number of rotatable bonds is 5. The summed E-state index contributed by atoms with van der Waals surface area (Å²) in [6, 6.07) is 17.3. The van der Waals surface area contributed by atoms with Crippen LogP contribution in [-0.2, 0) is 11.2 Å². The van der Waals surface area contributed by atoms with Crippen LogP contribution in [0, 0.1) is 6.92 Å². The van der Waals surface area contributed by atoms with Crippen LogP contribution in [0.4, 0.5) is 5.69 Å². The molecule has 0 radical (unpaired) electrons. The van der Waals surface area contributed by atoms with Crippen molar-refractivity contribution in [3.8, 4) is 5.75 Å². The average Bonchev–Trinajstić information content (AvgIpc) is 3.37. The number of methoxy groups -OCH3 is 1. The second-order valence-corrected chi connectivity index (χ2v) is 9.67. The normalized spacial score (nSPS) is 13.4. The highest BCUT2D eigenvalue weighted by molar-refractivity contribution is 6.42.